The number of benzene rings is 2. The Morgan fingerprint density at radius 3 is 2.46 bits per heavy atom. The lowest BCUT2D eigenvalue weighted by molar-refractivity contribution is -0.139. The second-order valence-corrected chi connectivity index (χ2v) is 7.93. The molecule has 1 aliphatic heterocycles. The van der Waals surface area contributed by atoms with Gasteiger partial charge in [-0.15, -0.1) is 0 Å². The standard InChI is InChI=1S/C21H17BrClN3O2/c22-15-8-6-14(7-9-15)21(12-28-13-21)20(27)26-18-10-16(23)11-24-19(18)25-17-4-2-1-3-5-17/h1-11H,12-13H2,(H,24,25)(H,26,27). The molecule has 0 aliphatic carbocycles. The number of amides is 1. The molecule has 2 heterocycles. The number of ether oxygens (including phenoxy) is 1. The van der Waals surface area contributed by atoms with E-state index in [-0.39, 0.29) is 5.91 Å². The summed E-state index contributed by atoms with van der Waals surface area (Å²) in [6.45, 7) is 0.659. The summed E-state index contributed by atoms with van der Waals surface area (Å²) >= 11 is 9.56. The molecule has 28 heavy (non-hydrogen) atoms. The molecule has 5 nitrogen and oxygen atoms in total. The van der Waals surface area contributed by atoms with Crippen molar-refractivity contribution in [1.82, 2.24) is 4.98 Å². The first-order valence-corrected chi connectivity index (χ1v) is 9.87. The Labute approximate surface area is 176 Å². The lowest BCUT2D eigenvalue weighted by Gasteiger charge is -2.40. The maximum atomic E-state index is 13.2. The molecule has 1 aromatic heterocycles. The van der Waals surface area contributed by atoms with Gasteiger partial charge in [0.2, 0.25) is 5.91 Å². The van der Waals surface area contributed by atoms with Gasteiger partial charge in [-0.25, -0.2) is 4.98 Å². The molecule has 0 bridgehead atoms. The zero-order chi connectivity index (χ0) is 19.6. The van der Waals surface area contributed by atoms with E-state index in [0.29, 0.717) is 29.7 Å². The molecule has 142 valence electrons. The molecule has 3 aromatic rings. The number of anilines is 3. The van der Waals surface area contributed by atoms with Crippen molar-refractivity contribution in [1.29, 1.82) is 0 Å². The van der Waals surface area contributed by atoms with Crippen LogP contribution in [0, 0.1) is 0 Å². The van der Waals surface area contributed by atoms with Crippen molar-refractivity contribution in [3.63, 3.8) is 0 Å². The lowest BCUT2D eigenvalue weighted by Crippen LogP contribution is -2.55. The Bertz CT molecular complexity index is 992. The average Bonchev–Trinajstić information content (AvgIpc) is 2.65. The second-order valence-electron chi connectivity index (χ2n) is 6.58. The van der Waals surface area contributed by atoms with Crippen LogP contribution in [0.4, 0.5) is 17.2 Å². The zero-order valence-electron chi connectivity index (χ0n) is 14.8. The molecule has 0 spiro atoms. The molecule has 0 saturated carbocycles. The van der Waals surface area contributed by atoms with Crippen LogP contribution in [0.1, 0.15) is 5.56 Å². The SMILES string of the molecule is O=C(Nc1cc(Cl)cnc1Nc1ccccc1)C1(c2ccc(Br)cc2)COC1. The summed E-state index contributed by atoms with van der Waals surface area (Å²) in [6.07, 6.45) is 1.54. The molecular formula is C21H17BrClN3O2. The van der Waals surface area contributed by atoms with Crippen molar-refractivity contribution in [3.8, 4) is 0 Å². The lowest BCUT2D eigenvalue weighted by atomic mass is 9.77. The van der Waals surface area contributed by atoms with Gasteiger partial charge in [0.1, 0.15) is 5.41 Å². The monoisotopic (exact) mass is 457 g/mol. The van der Waals surface area contributed by atoms with E-state index in [9.17, 15) is 4.79 Å². The van der Waals surface area contributed by atoms with Gasteiger partial charge < -0.3 is 15.4 Å². The third-order valence-corrected chi connectivity index (χ3v) is 5.40. The zero-order valence-corrected chi connectivity index (χ0v) is 17.1. The Kier molecular flexibility index (Phi) is 5.35. The van der Waals surface area contributed by atoms with Crippen LogP contribution in [0.25, 0.3) is 0 Å². The predicted octanol–water partition coefficient (Wildman–Crippen LogP) is 5.15. The van der Waals surface area contributed by atoms with E-state index >= 15 is 0 Å². The molecule has 0 radical (unpaired) electrons. The van der Waals surface area contributed by atoms with Gasteiger partial charge in [-0.3, -0.25) is 4.79 Å². The number of para-hydroxylation sites is 1. The fraction of sp³-hybridized carbons (Fsp3) is 0.143. The summed E-state index contributed by atoms with van der Waals surface area (Å²) in [5, 5.41) is 6.65. The van der Waals surface area contributed by atoms with Gasteiger partial charge in [-0.2, -0.15) is 0 Å². The summed E-state index contributed by atoms with van der Waals surface area (Å²) in [5.74, 6) is 0.372. The minimum Gasteiger partial charge on any atom is -0.378 e. The van der Waals surface area contributed by atoms with E-state index in [1.165, 1.54) is 0 Å². The first-order valence-electron chi connectivity index (χ1n) is 8.70. The van der Waals surface area contributed by atoms with Crippen LogP contribution in [0.5, 0.6) is 0 Å². The average molecular weight is 459 g/mol. The topological polar surface area (TPSA) is 63.2 Å². The third kappa shape index (κ3) is 3.76. The maximum Gasteiger partial charge on any atom is 0.239 e. The highest BCUT2D eigenvalue weighted by molar-refractivity contribution is 9.10. The number of nitrogens with one attached hydrogen (secondary N) is 2. The highest BCUT2D eigenvalue weighted by Crippen LogP contribution is 2.36. The first-order chi connectivity index (χ1) is 13.6. The van der Waals surface area contributed by atoms with Gasteiger partial charge in [-0.05, 0) is 35.9 Å². The Balaban J connectivity index is 1.62. The molecule has 1 amide bonds. The Morgan fingerprint density at radius 2 is 1.82 bits per heavy atom. The summed E-state index contributed by atoms with van der Waals surface area (Å²) in [4.78, 5) is 17.6. The Hall–Kier alpha value is -2.41. The van der Waals surface area contributed by atoms with Crippen LogP contribution in [0.3, 0.4) is 0 Å². The number of pyridine rings is 1. The van der Waals surface area contributed by atoms with Gasteiger partial charge in [-0.1, -0.05) is 57.9 Å². The van der Waals surface area contributed by atoms with Crippen molar-refractivity contribution >= 4 is 50.6 Å². The van der Waals surface area contributed by atoms with Gasteiger partial charge in [0.25, 0.3) is 0 Å². The number of hydrogen-bond acceptors (Lipinski definition) is 4. The van der Waals surface area contributed by atoms with Crippen LogP contribution in [-0.2, 0) is 14.9 Å². The minimum absolute atomic E-state index is 0.152. The number of carbonyl (C=O) groups excluding carboxylic acids is 1. The van der Waals surface area contributed by atoms with Crippen LogP contribution in [-0.4, -0.2) is 24.1 Å². The van der Waals surface area contributed by atoms with Gasteiger partial charge in [0.05, 0.1) is 23.9 Å². The molecule has 1 aliphatic rings. The Morgan fingerprint density at radius 1 is 1.11 bits per heavy atom. The van der Waals surface area contributed by atoms with Crippen molar-refractivity contribution in [2.75, 3.05) is 23.8 Å². The maximum absolute atomic E-state index is 13.2. The normalized spacial score (nSPS) is 14.8. The number of aromatic nitrogens is 1. The van der Waals surface area contributed by atoms with Crippen molar-refractivity contribution in [3.05, 3.63) is 81.9 Å². The van der Waals surface area contributed by atoms with Crippen LogP contribution >= 0.6 is 27.5 Å². The van der Waals surface area contributed by atoms with E-state index in [0.717, 1.165) is 15.7 Å². The van der Waals surface area contributed by atoms with Gasteiger partial charge in [0, 0.05) is 16.4 Å². The minimum atomic E-state index is -0.729. The van der Waals surface area contributed by atoms with E-state index in [4.69, 9.17) is 16.3 Å². The molecule has 1 saturated heterocycles. The van der Waals surface area contributed by atoms with Gasteiger partial charge in [0.15, 0.2) is 5.82 Å². The van der Waals surface area contributed by atoms with E-state index in [1.807, 2.05) is 54.6 Å². The molecule has 4 rings (SSSR count). The summed E-state index contributed by atoms with van der Waals surface area (Å²) in [6, 6.07) is 19.0. The predicted molar refractivity (Wildman–Crippen MR) is 114 cm³/mol. The van der Waals surface area contributed by atoms with E-state index in [1.54, 1.807) is 12.3 Å². The number of rotatable bonds is 5. The molecule has 1 fully saturated rings. The third-order valence-electron chi connectivity index (χ3n) is 4.67. The first kappa shape index (κ1) is 18.9. The smallest absolute Gasteiger partial charge is 0.239 e. The van der Waals surface area contributed by atoms with E-state index in [2.05, 4.69) is 31.5 Å². The van der Waals surface area contributed by atoms with Crippen molar-refractivity contribution in [2.24, 2.45) is 0 Å². The fourth-order valence-corrected chi connectivity index (χ4v) is 3.46. The van der Waals surface area contributed by atoms with Crippen LogP contribution in [0.15, 0.2) is 71.3 Å². The number of carbonyl (C=O) groups is 1. The second kappa shape index (κ2) is 7.91. The quantitative estimate of drug-likeness (QED) is 0.555. The number of hydrogen-bond donors (Lipinski definition) is 2. The molecular weight excluding hydrogens is 442 g/mol. The summed E-state index contributed by atoms with van der Waals surface area (Å²) in [5.41, 5.74) is 1.56. The van der Waals surface area contributed by atoms with E-state index < -0.39 is 5.41 Å². The summed E-state index contributed by atoms with van der Waals surface area (Å²) < 4.78 is 6.36. The molecule has 2 N–H and O–H groups in total. The molecule has 0 atom stereocenters. The van der Waals surface area contributed by atoms with Gasteiger partial charge >= 0.3 is 0 Å². The fourth-order valence-electron chi connectivity index (χ4n) is 3.04. The van der Waals surface area contributed by atoms with Crippen LogP contribution < -0.4 is 10.6 Å². The van der Waals surface area contributed by atoms with Crippen LogP contribution in [0.2, 0.25) is 5.02 Å². The highest BCUT2D eigenvalue weighted by atomic mass is 79.9. The highest BCUT2D eigenvalue weighted by Gasteiger charge is 2.47. The largest absolute Gasteiger partial charge is 0.378 e. The molecule has 7 heteroatoms. The summed E-state index contributed by atoms with van der Waals surface area (Å²) in [7, 11) is 0. The number of halogens is 2. The number of nitrogens with zero attached hydrogens (tertiary/aromatic N) is 1. The molecule has 0 unspecified atom stereocenters. The molecule has 2 aromatic carbocycles. The van der Waals surface area contributed by atoms with Crippen molar-refractivity contribution < 1.29 is 9.53 Å². The van der Waals surface area contributed by atoms with Crippen molar-refractivity contribution in [2.45, 2.75) is 5.41 Å².